The summed E-state index contributed by atoms with van der Waals surface area (Å²) >= 11 is 5.82. The van der Waals surface area contributed by atoms with E-state index in [1.807, 2.05) is 0 Å². The molecule has 27 heavy (non-hydrogen) atoms. The van der Waals surface area contributed by atoms with Crippen molar-refractivity contribution < 1.29 is 23.2 Å². The van der Waals surface area contributed by atoms with Gasteiger partial charge in [0.25, 0.3) is 5.91 Å². The van der Waals surface area contributed by atoms with E-state index in [9.17, 15) is 13.2 Å². The van der Waals surface area contributed by atoms with Crippen LogP contribution in [0.5, 0.6) is 11.5 Å². The highest BCUT2D eigenvalue weighted by atomic mass is 35.5. The zero-order chi connectivity index (χ0) is 20.2. The Bertz CT molecular complexity index is 891. The van der Waals surface area contributed by atoms with Crippen LogP contribution in [0.4, 0.5) is 0 Å². The summed E-state index contributed by atoms with van der Waals surface area (Å²) < 4.78 is 33.1. The maximum absolute atomic E-state index is 12.6. The maximum Gasteiger partial charge on any atom is 0.262 e. The molecule has 146 valence electrons. The lowest BCUT2D eigenvalue weighted by Crippen LogP contribution is -2.52. The number of ether oxygens (including phenoxy) is 1. The molecule has 2 aromatic carbocycles. The van der Waals surface area contributed by atoms with E-state index in [2.05, 4.69) is 4.72 Å². The molecule has 0 saturated carbocycles. The standard InChI is InChI=1S/C18H21ClN2O5S/c1-18(2,3)16(17(22)20-23)21-27(24,25)15-10-8-14(9-11-15)26-13-6-4-12(19)5-7-13/h4-11,16,21,23H,1-3H3,(H,20,22). The first-order valence-corrected chi connectivity index (χ1v) is 9.89. The van der Waals surface area contributed by atoms with Crippen LogP contribution >= 0.6 is 11.6 Å². The van der Waals surface area contributed by atoms with E-state index in [1.54, 1.807) is 45.0 Å². The normalized spacial score (nSPS) is 13.1. The molecule has 0 aromatic heterocycles. The lowest BCUT2D eigenvalue weighted by Gasteiger charge is -2.29. The summed E-state index contributed by atoms with van der Waals surface area (Å²) in [7, 11) is -3.99. The molecule has 0 saturated heterocycles. The zero-order valence-corrected chi connectivity index (χ0v) is 16.6. The second kappa shape index (κ2) is 8.26. The molecule has 0 radical (unpaired) electrons. The first kappa shape index (κ1) is 21.2. The van der Waals surface area contributed by atoms with Gasteiger partial charge in [-0.05, 0) is 53.9 Å². The Balaban J connectivity index is 2.18. The van der Waals surface area contributed by atoms with Crippen molar-refractivity contribution in [3.8, 4) is 11.5 Å². The average Bonchev–Trinajstić information content (AvgIpc) is 2.60. The van der Waals surface area contributed by atoms with E-state index in [4.69, 9.17) is 21.5 Å². The van der Waals surface area contributed by atoms with E-state index in [0.29, 0.717) is 16.5 Å². The predicted molar refractivity (Wildman–Crippen MR) is 101 cm³/mol. The Morgan fingerprint density at radius 1 is 1.04 bits per heavy atom. The quantitative estimate of drug-likeness (QED) is 0.498. The molecule has 0 heterocycles. The summed E-state index contributed by atoms with van der Waals surface area (Å²) in [6.07, 6.45) is 0. The smallest absolute Gasteiger partial charge is 0.262 e. The molecular weight excluding hydrogens is 392 g/mol. The molecular formula is C18H21ClN2O5S. The zero-order valence-electron chi connectivity index (χ0n) is 15.1. The number of carbonyl (C=O) groups excluding carboxylic acids is 1. The summed E-state index contributed by atoms with van der Waals surface area (Å²) in [6, 6.07) is 11.3. The monoisotopic (exact) mass is 412 g/mol. The van der Waals surface area contributed by atoms with Crippen molar-refractivity contribution in [1.82, 2.24) is 10.2 Å². The number of sulfonamides is 1. The Morgan fingerprint density at radius 3 is 1.96 bits per heavy atom. The van der Waals surface area contributed by atoms with Crippen LogP contribution < -0.4 is 14.9 Å². The molecule has 9 heteroatoms. The van der Waals surface area contributed by atoms with Crippen LogP contribution in [0.25, 0.3) is 0 Å². The molecule has 1 atom stereocenters. The number of rotatable bonds is 6. The lowest BCUT2D eigenvalue weighted by molar-refractivity contribution is -0.133. The summed E-state index contributed by atoms with van der Waals surface area (Å²) in [5, 5.41) is 9.45. The molecule has 0 spiro atoms. The second-order valence-electron chi connectivity index (χ2n) is 6.92. The van der Waals surface area contributed by atoms with Crippen molar-refractivity contribution in [2.24, 2.45) is 5.41 Å². The van der Waals surface area contributed by atoms with Gasteiger partial charge in [-0.1, -0.05) is 32.4 Å². The third-order valence-corrected chi connectivity index (χ3v) is 5.39. The van der Waals surface area contributed by atoms with Crippen LogP contribution in [-0.4, -0.2) is 25.6 Å². The van der Waals surface area contributed by atoms with Gasteiger partial charge in [0.1, 0.15) is 17.5 Å². The molecule has 3 N–H and O–H groups in total. The van der Waals surface area contributed by atoms with Gasteiger partial charge in [0.05, 0.1) is 4.90 Å². The van der Waals surface area contributed by atoms with Crippen LogP contribution in [0.2, 0.25) is 5.02 Å². The van der Waals surface area contributed by atoms with Gasteiger partial charge in [0, 0.05) is 5.02 Å². The maximum atomic E-state index is 12.6. The van der Waals surface area contributed by atoms with Gasteiger partial charge < -0.3 is 4.74 Å². The minimum Gasteiger partial charge on any atom is -0.457 e. The van der Waals surface area contributed by atoms with Crippen molar-refractivity contribution in [2.75, 3.05) is 0 Å². The fraction of sp³-hybridized carbons (Fsp3) is 0.278. The van der Waals surface area contributed by atoms with E-state index in [-0.39, 0.29) is 4.90 Å². The average molecular weight is 413 g/mol. The van der Waals surface area contributed by atoms with Crippen LogP contribution in [0.3, 0.4) is 0 Å². The number of benzene rings is 2. The number of hydrogen-bond donors (Lipinski definition) is 3. The van der Waals surface area contributed by atoms with Gasteiger partial charge in [-0.15, -0.1) is 0 Å². The van der Waals surface area contributed by atoms with Gasteiger partial charge in [0.2, 0.25) is 10.0 Å². The van der Waals surface area contributed by atoms with Gasteiger partial charge >= 0.3 is 0 Å². The van der Waals surface area contributed by atoms with Gasteiger partial charge in [-0.3, -0.25) is 10.0 Å². The fourth-order valence-corrected chi connectivity index (χ4v) is 3.76. The highest BCUT2D eigenvalue weighted by molar-refractivity contribution is 7.89. The van der Waals surface area contributed by atoms with Crippen LogP contribution in [0, 0.1) is 5.41 Å². The molecule has 7 nitrogen and oxygen atoms in total. The highest BCUT2D eigenvalue weighted by Gasteiger charge is 2.35. The van der Waals surface area contributed by atoms with E-state index in [1.165, 1.54) is 29.7 Å². The molecule has 0 aliphatic rings. The number of hydroxylamine groups is 1. The number of amides is 1. The Hall–Kier alpha value is -2.13. The fourth-order valence-electron chi connectivity index (χ4n) is 2.24. The molecule has 0 aliphatic heterocycles. The Labute approximate surface area is 163 Å². The molecule has 0 bridgehead atoms. The molecule has 1 amide bonds. The summed E-state index contributed by atoms with van der Waals surface area (Å²) in [5.41, 5.74) is 0.738. The Morgan fingerprint density at radius 2 is 1.52 bits per heavy atom. The van der Waals surface area contributed by atoms with Gasteiger partial charge in [0.15, 0.2) is 0 Å². The highest BCUT2D eigenvalue weighted by Crippen LogP contribution is 2.25. The van der Waals surface area contributed by atoms with Crippen molar-refractivity contribution in [3.63, 3.8) is 0 Å². The van der Waals surface area contributed by atoms with Gasteiger partial charge in [-0.2, -0.15) is 4.72 Å². The van der Waals surface area contributed by atoms with Crippen LogP contribution in [-0.2, 0) is 14.8 Å². The van der Waals surface area contributed by atoms with Crippen molar-refractivity contribution in [3.05, 3.63) is 53.6 Å². The van der Waals surface area contributed by atoms with Crippen molar-refractivity contribution in [1.29, 1.82) is 0 Å². The SMILES string of the molecule is CC(C)(C)C(NS(=O)(=O)c1ccc(Oc2ccc(Cl)cc2)cc1)C(=O)NO. The van der Waals surface area contributed by atoms with Crippen molar-refractivity contribution in [2.45, 2.75) is 31.7 Å². The molecule has 0 aliphatic carbocycles. The number of hydrogen-bond acceptors (Lipinski definition) is 5. The number of carbonyl (C=O) groups is 1. The van der Waals surface area contributed by atoms with Crippen LogP contribution in [0.1, 0.15) is 20.8 Å². The summed E-state index contributed by atoms with van der Waals surface area (Å²) in [5.74, 6) is 0.158. The first-order chi connectivity index (χ1) is 12.5. The van der Waals surface area contributed by atoms with E-state index < -0.39 is 27.4 Å². The second-order valence-corrected chi connectivity index (χ2v) is 9.07. The summed E-state index contributed by atoms with van der Waals surface area (Å²) in [4.78, 5) is 11.8. The third kappa shape index (κ3) is 5.67. The van der Waals surface area contributed by atoms with Gasteiger partial charge in [-0.25, -0.2) is 13.9 Å². The largest absolute Gasteiger partial charge is 0.457 e. The third-order valence-electron chi connectivity index (χ3n) is 3.69. The van der Waals surface area contributed by atoms with E-state index in [0.717, 1.165) is 0 Å². The molecule has 2 aromatic rings. The first-order valence-electron chi connectivity index (χ1n) is 8.03. The minimum absolute atomic E-state index is 0.0362. The minimum atomic E-state index is -3.99. The lowest BCUT2D eigenvalue weighted by atomic mass is 9.87. The van der Waals surface area contributed by atoms with Crippen LogP contribution in [0.15, 0.2) is 53.4 Å². The van der Waals surface area contributed by atoms with Crippen molar-refractivity contribution >= 4 is 27.5 Å². The predicted octanol–water partition coefficient (Wildman–Crippen LogP) is 3.33. The molecule has 0 fully saturated rings. The molecule has 2 rings (SSSR count). The topological polar surface area (TPSA) is 105 Å². The summed E-state index contributed by atoms with van der Waals surface area (Å²) in [6.45, 7) is 5.04. The number of halogens is 1. The molecule has 1 unspecified atom stereocenters. The Kier molecular flexibility index (Phi) is 6.48. The van der Waals surface area contributed by atoms with E-state index >= 15 is 0 Å². The number of nitrogens with one attached hydrogen (secondary N) is 2.